The van der Waals surface area contributed by atoms with E-state index >= 15 is 0 Å². The molecule has 2 aromatic rings. The number of hydrogen-bond acceptors (Lipinski definition) is 3. The Kier molecular flexibility index (Phi) is 3.57. The lowest BCUT2D eigenvalue weighted by Crippen LogP contribution is -2.22. The molecule has 4 nitrogen and oxygen atoms in total. The van der Waals surface area contributed by atoms with Gasteiger partial charge in [0.05, 0.1) is 11.3 Å². The summed E-state index contributed by atoms with van der Waals surface area (Å²) >= 11 is 0. The Morgan fingerprint density at radius 1 is 1.28 bits per heavy atom. The SMILES string of the molecule is CN(Cc1ccccc1)c1ccncc1C(=N)N. The molecule has 0 spiro atoms. The number of pyridine rings is 1. The van der Waals surface area contributed by atoms with E-state index in [1.165, 1.54) is 5.56 Å². The van der Waals surface area contributed by atoms with Crippen molar-refractivity contribution in [3.63, 3.8) is 0 Å². The highest BCUT2D eigenvalue weighted by molar-refractivity contribution is 6.00. The van der Waals surface area contributed by atoms with E-state index in [9.17, 15) is 0 Å². The fourth-order valence-corrected chi connectivity index (χ4v) is 1.87. The molecule has 3 N–H and O–H groups in total. The molecule has 0 amide bonds. The third-order valence-electron chi connectivity index (χ3n) is 2.76. The van der Waals surface area contributed by atoms with Crippen molar-refractivity contribution in [2.24, 2.45) is 5.73 Å². The van der Waals surface area contributed by atoms with Gasteiger partial charge < -0.3 is 10.6 Å². The van der Waals surface area contributed by atoms with E-state index in [1.807, 2.05) is 31.3 Å². The van der Waals surface area contributed by atoms with Crippen molar-refractivity contribution in [1.82, 2.24) is 4.98 Å². The van der Waals surface area contributed by atoms with Gasteiger partial charge in [0.2, 0.25) is 0 Å². The largest absolute Gasteiger partial charge is 0.384 e. The summed E-state index contributed by atoms with van der Waals surface area (Å²) < 4.78 is 0. The first-order valence-corrected chi connectivity index (χ1v) is 5.72. The number of anilines is 1. The molecule has 1 aromatic heterocycles. The van der Waals surface area contributed by atoms with Crippen LogP contribution < -0.4 is 10.6 Å². The second-order valence-electron chi connectivity index (χ2n) is 4.15. The second kappa shape index (κ2) is 5.31. The van der Waals surface area contributed by atoms with Crippen LogP contribution >= 0.6 is 0 Å². The van der Waals surface area contributed by atoms with E-state index in [0.717, 1.165) is 12.2 Å². The summed E-state index contributed by atoms with van der Waals surface area (Å²) in [4.78, 5) is 6.07. The van der Waals surface area contributed by atoms with Crippen LogP contribution in [-0.4, -0.2) is 17.9 Å². The predicted molar refractivity (Wildman–Crippen MR) is 73.8 cm³/mol. The summed E-state index contributed by atoms with van der Waals surface area (Å²) in [6.07, 6.45) is 3.34. The van der Waals surface area contributed by atoms with E-state index in [2.05, 4.69) is 22.0 Å². The predicted octanol–water partition coefficient (Wildman–Crippen LogP) is 2.00. The van der Waals surface area contributed by atoms with Crippen molar-refractivity contribution in [2.75, 3.05) is 11.9 Å². The molecular weight excluding hydrogens is 224 g/mol. The first-order valence-electron chi connectivity index (χ1n) is 5.72. The van der Waals surface area contributed by atoms with Gasteiger partial charge in [0.25, 0.3) is 0 Å². The third kappa shape index (κ3) is 2.66. The molecule has 4 heteroatoms. The average molecular weight is 240 g/mol. The van der Waals surface area contributed by atoms with Crippen molar-refractivity contribution in [2.45, 2.75) is 6.54 Å². The minimum atomic E-state index is 0.0398. The van der Waals surface area contributed by atoms with E-state index in [0.29, 0.717) is 5.56 Å². The summed E-state index contributed by atoms with van der Waals surface area (Å²) in [5.74, 6) is 0.0398. The lowest BCUT2D eigenvalue weighted by molar-refractivity contribution is 0.918. The van der Waals surface area contributed by atoms with Crippen LogP contribution in [0.1, 0.15) is 11.1 Å². The Labute approximate surface area is 107 Å². The number of benzene rings is 1. The average Bonchev–Trinajstić information content (AvgIpc) is 2.40. The molecule has 0 unspecified atom stereocenters. The smallest absolute Gasteiger partial charge is 0.126 e. The number of nitrogens with zero attached hydrogens (tertiary/aromatic N) is 2. The van der Waals surface area contributed by atoms with Gasteiger partial charge in [-0.3, -0.25) is 10.4 Å². The minimum Gasteiger partial charge on any atom is -0.384 e. The molecule has 0 aliphatic heterocycles. The van der Waals surface area contributed by atoms with E-state index in [1.54, 1.807) is 12.4 Å². The van der Waals surface area contributed by atoms with Crippen molar-refractivity contribution < 1.29 is 0 Å². The highest BCUT2D eigenvalue weighted by Gasteiger charge is 2.09. The third-order valence-corrected chi connectivity index (χ3v) is 2.76. The molecule has 0 radical (unpaired) electrons. The van der Waals surface area contributed by atoms with Gasteiger partial charge in [0.1, 0.15) is 5.84 Å². The first-order chi connectivity index (χ1) is 8.68. The fraction of sp³-hybridized carbons (Fsp3) is 0.143. The topological polar surface area (TPSA) is 66.0 Å². The molecule has 92 valence electrons. The molecule has 0 atom stereocenters. The Morgan fingerprint density at radius 3 is 2.67 bits per heavy atom. The van der Waals surface area contributed by atoms with Gasteiger partial charge in [-0.1, -0.05) is 30.3 Å². The molecular formula is C14H16N4. The molecule has 0 bridgehead atoms. The molecule has 18 heavy (non-hydrogen) atoms. The molecule has 1 aromatic carbocycles. The lowest BCUT2D eigenvalue weighted by Gasteiger charge is -2.21. The van der Waals surface area contributed by atoms with Gasteiger partial charge >= 0.3 is 0 Å². The molecule has 1 heterocycles. The monoisotopic (exact) mass is 240 g/mol. The van der Waals surface area contributed by atoms with Crippen molar-refractivity contribution in [3.8, 4) is 0 Å². The van der Waals surface area contributed by atoms with Crippen molar-refractivity contribution in [3.05, 3.63) is 59.9 Å². The summed E-state index contributed by atoms with van der Waals surface area (Å²) in [6, 6.07) is 12.1. The van der Waals surface area contributed by atoms with Gasteiger partial charge in [0, 0.05) is 26.0 Å². The van der Waals surface area contributed by atoms with Crippen LogP contribution in [0.25, 0.3) is 0 Å². The number of hydrogen-bond donors (Lipinski definition) is 2. The zero-order chi connectivity index (χ0) is 13.0. The van der Waals surface area contributed by atoms with Gasteiger partial charge in [-0.25, -0.2) is 0 Å². The molecule has 0 aliphatic rings. The van der Waals surface area contributed by atoms with Gasteiger partial charge in [-0.05, 0) is 11.6 Å². The van der Waals surface area contributed by atoms with Crippen LogP contribution in [0.2, 0.25) is 0 Å². The van der Waals surface area contributed by atoms with Crippen LogP contribution in [0, 0.1) is 5.41 Å². The van der Waals surface area contributed by atoms with Crippen LogP contribution in [0.5, 0.6) is 0 Å². The molecule has 2 rings (SSSR count). The first kappa shape index (κ1) is 12.1. The zero-order valence-corrected chi connectivity index (χ0v) is 10.3. The van der Waals surface area contributed by atoms with Gasteiger partial charge in [-0.15, -0.1) is 0 Å². The number of nitrogens with two attached hydrogens (primary N) is 1. The van der Waals surface area contributed by atoms with Gasteiger partial charge in [0.15, 0.2) is 0 Å². The fourth-order valence-electron chi connectivity index (χ4n) is 1.87. The van der Waals surface area contributed by atoms with Crippen LogP contribution in [-0.2, 0) is 6.54 Å². The highest BCUT2D eigenvalue weighted by atomic mass is 15.1. The second-order valence-corrected chi connectivity index (χ2v) is 4.15. The number of nitrogens with one attached hydrogen (secondary N) is 1. The maximum Gasteiger partial charge on any atom is 0.126 e. The van der Waals surface area contributed by atoms with Crippen molar-refractivity contribution in [1.29, 1.82) is 5.41 Å². The maximum absolute atomic E-state index is 7.56. The molecule has 0 saturated carbocycles. The molecule has 0 aliphatic carbocycles. The summed E-state index contributed by atoms with van der Waals surface area (Å²) in [5.41, 5.74) is 8.36. The lowest BCUT2D eigenvalue weighted by atomic mass is 10.1. The number of nitrogen functional groups attached to an aromatic ring is 1. The number of aromatic nitrogens is 1. The number of rotatable bonds is 4. The highest BCUT2D eigenvalue weighted by Crippen LogP contribution is 2.19. The molecule has 0 saturated heterocycles. The summed E-state index contributed by atoms with van der Waals surface area (Å²) in [5, 5.41) is 7.56. The number of amidine groups is 1. The van der Waals surface area contributed by atoms with Crippen molar-refractivity contribution >= 4 is 11.5 Å². The quantitative estimate of drug-likeness (QED) is 0.634. The summed E-state index contributed by atoms with van der Waals surface area (Å²) in [6.45, 7) is 0.769. The maximum atomic E-state index is 7.56. The van der Waals surface area contributed by atoms with Crippen LogP contribution in [0.3, 0.4) is 0 Å². The normalized spacial score (nSPS) is 10.1. The Morgan fingerprint density at radius 2 is 2.00 bits per heavy atom. The van der Waals surface area contributed by atoms with Gasteiger partial charge in [-0.2, -0.15) is 0 Å². The van der Waals surface area contributed by atoms with E-state index < -0.39 is 0 Å². The Bertz CT molecular complexity index is 537. The van der Waals surface area contributed by atoms with Crippen LogP contribution in [0.4, 0.5) is 5.69 Å². The Balaban J connectivity index is 2.24. The summed E-state index contributed by atoms with van der Waals surface area (Å²) in [7, 11) is 1.98. The van der Waals surface area contributed by atoms with E-state index in [-0.39, 0.29) is 5.84 Å². The van der Waals surface area contributed by atoms with E-state index in [4.69, 9.17) is 11.1 Å². The minimum absolute atomic E-state index is 0.0398. The van der Waals surface area contributed by atoms with Crippen LogP contribution in [0.15, 0.2) is 48.8 Å². The molecule has 0 fully saturated rings. The Hall–Kier alpha value is -2.36. The standard InChI is InChI=1S/C14H16N4/c1-18(10-11-5-3-2-4-6-11)13-7-8-17-9-12(13)14(15)16/h2-9H,10H2,1H3,(H3,15,16). The zero-order valence-electron chi connectivity index (χ0n) is 10.3.